The molecule has 0 aliphatic rings. The summed E-state index contributed by atoms with van der Waals surface area (Å²) in [5, 5.41) is 10.5. The lowest BCUT2D eigenvalue weighted by Gasteiger charge is -2.30. The molecule has 2 nitrogen and oxygen atoms in total. The molecule has 0 saturated carbocycles. The minimum Gasteiger partial charge on any atom is -0.388 e. The Morgan fingerprint density at radius 1 is 0.824 bits per heavy atom. The maximum Gasteiger partial charge on any atom is 0.416 e. The lowest BCUT2D eigenvalue weighted by Crippen LogP contribution is -2.40. The second kappa shape index (κ2) is 11.0. The summed E-state index contributed by atoms with van der Waals surface area (Å²) in [7, 11) is 0. The lowest BCUT2D eigenvalue weighted by atomic mass is 9.90. The van der Waals surface area contributed by atoms with Crippen molar-refractivity contribution in [2.45, 2.75) is 44.1 Å². The molecule has 34 heavy (non-hydrogen) atoms. The molecule has 3 unspecified atom stereocenters. The number of aliphatic hydroxyl groups is 1. The zero-order valence-electron chi connectivity index (χ0n) is 17.5. The molecular weight excluding hydrogens is 594 g/mol. The molecule has 0 saturated heterocycles. The number of benzene rings is 2. The Morgan fingerprint density at radius 3 is 1.74 bits per heavy atom. The zero-order chi connectivity index (χ0) is 25.9. The molecule has 12 heteroatoms. The van der Waals surface area contributed by atoms with Crippen LogP contribution in [0.25, 0.3) is 11.1 Å². The van der Waals surface area contributed by atoms with E-state index < -0.39 is 47.8 Å². The van der Waals surface area contributed by atoms with Gasteiger partial charge in [0.05, 0.1) is 17.2 Å². The molecule has 2 rings (SSSR count). The van der Waals surface area contributed by atoms with Crippen LogP contribution in [0.1, 0.15) is 36.1 Å². The minimum absolute atomic E-state index is 0.00134. The molecule has 1 N–H and O–H groups in total. The molecule has 3 atom stereocenters. The van der Waals surface area contributed by atoms with Crippen LogP contribution in [0.15, 0.2) is 42.5 Å². The van der Waals surface area contributed by atoms with Gasteiger partial charge in [0.1, 0.15) is 0 Å². The first-order valence-corrected chi connectivity index (χ1v) is 11.4. The van der Waals surface area contributed by atoms with Crippen LogP contribution < -0.4 is 0 Å². The van der Waals surface area contributed by atoms with Crippen LogP contribution in [0, 0.1) is 5.92 Å². The van der Waals surface area contributed by atoms with Gasteiger partial charge in [-0.05, 0) is 41.3 Å². The lowest BCUT2D eigenvalue weighted by molar-refractivity contribution is -0.243. The monoisotopic (exact) mass is 614 g/mol. The van der Waals surface area contributed by atoms with Crippen molar-refractivity contribution in [2.75, 3.05) is 11.0 Å². The summed E-state index contributed by atoms with van der Waals surface area (Å²) in [6.07, 6.45) is -18.3. The maximum atomic E-state index is 13.4. The van der Waals surface area contributed by atoms with Crippen molar-refractivity contribution in [3.8, 4) is 11.1 Å². The third kappa shape index (κ3) is 7.48. The normalized spacial score (nSPS) is 15.8. The number of halogens is 10. The third-order valence-corrected chi connectivity index (χ3v) is 5.81. The predicted molar refractivity (Wildman–Crippen MR) is 115 cm³/mol. The summed E-state index contributed by atoms with van der Waals surface area (Å²) in [5.41, 5.74) is -3.40. The van der Waals surface area contributed by atoms with Gasteiger partial charge in [-0.15, -0.1) is 0 Å². The summed E-state index contributed by atoms with van der Waals surface area (Å²) >= 11 is 1.98. The van der Waals surface area contributed by atoms with E-state index in [1.54, 1.807) is 0 Å². The van der Waals surface area contributed by atoms with E-state index in [-0.39, 0.29) is 29.4 Å². The first-order valence-electron chi connectivity index (χ1n) is 9.88. The number of hydrogen-bond donors (Lipinski definition) is 1. The van der Waals surface area contributed by atoms with Crippen LogP contribution in [0.3, 0.4) is 0 Å². The first kappa shape index (κ1) is 28.7. The fourth-order valence-electron chi connectivity index (χ4n) is 3.27. The molecule has 0 radical (unpaired) electrons. The second-order valence-corrected chi connectivity index (χ2v) is 8.67. The summed E-state index contributed by atoms with van der Waals surface area (Å²) < 4.78 is 124. The topological polar surface area (TPSA) is 29.5 Å². The van der Waals surface area contributed by atoms with Gasteiger partial charge in [0, 0.05) is 17.0 Å². The zero-order valence-corrected chi connectivity index (χ0v) is 19.7. The van der Waals surface area contributed by atoms with Gasteiger partial charge < -0.3 is 9.84 Å². The van der Waals surface area contributed by atoms with Gasteiger partial charge in [0.25, 0.3) is 0 Å². The molecule has 0 aliphatic carbocycles. The minimum atomic E-state index is -5.02. The second-order valence-electron chi connectivity index (χ2n) is 7.60. The fraction of sp³-hybridized carbons (Fsp3) is 0.455. The van der Waals surface area contributed by atoms with Crippen molar-refractivity contribution in [3.63, 3.8) is 0 Å². The van der Waals surface area contributed by atoms with Crippen LogP contribution in [0.2, 0.25) is 0 Å². The Bertz CT molecular complexity index is 905. The van der Waals surface area contributed by atoms with Crippen LogP contribution in [-0.4, -0.2) is 28.4 Å². The average Bonchev–Trinajstić information content (AvgIpc) is 2.73. The summed E-state index contributed by atoms with van der Waals surface area (Å²) in [6, 6.07) is 5.68. The van der Waals surface area contributed by atoms with E-state index in [0.717, 1.165) is 31.2 Å². The van der Waals surface area contributed by atoms with Crippen LogP contribution in [0.4, 0.5) is 39.5 Å². The largest absolute Gasteiger partial charge is 0.416 e. The Morgan fingerprint density at radius 2 is 1.32 bits per heavy atom. The van der Waals surface area contributed by atoms with Crippen LogP contribution in [0.5, 0.6) is 0 Å². The summed E-state index contributed by atoms with van der Waals surface area (Å²) in [6.45, 7) is 0.976. The smallest absolute Gasteiger partial charge is 0.388 e. The van der Waals surface area contributed by atoms with E-state index in [1.165, 1.54) is 0 Å². The van der Waals surface area contributed by atoms with E-state index >= 15 is 0 Å². The van der Waals surface area contributed by atoms with Gasteiger partial charge >= 0.3 is 18.5 Å². The standard InChI is InChI=1S/C22H20F9IO2/c1-12(19(22(29,30)31)34-8-2-7-32)18(33)14-5-3-13(4-6-14)15-9-16(20(23,24)25)11-17(10-15)21(26,27)28/h3-6,9-12,18-19,33H,2,7-8H2,1H3. The number of alkyl halides is 10. The number of aliphatic hydroxyl groups excluding tert-OH is 1. The van der Waals surface area contributed by atoms with E-state index in [2.05, 4.69) is 0 Å². The summed E-state index contributed by atoms with van der Waals surface area (Å²) in [5.74, 6) is -1.43. The highest BCUT2D eigenvalue weighted by molar-refractivity contribution is 14.1. The molecule has 0 bridgehead atoms. The average molecular weight is 614 g/mol. The Hall–Kier alpha value is -1.54. The van der Waals surface area contributed by atoms with E-state index in [4.69, 9.17) is 4.74 Å². The van der Waals surface area contributed by atoms with Gasteiger partial charge in [-0.25, -0.2) is 0 Å². The Balaban J connectivity index is 2.35. The van der Waals surface area contributed by atoms with E-state index in [0.29, 0.717) is 23.0 Å². The van der Waals surface area contributed by atoms with Crippen molar-refractivity contribution in [1.29, 1.82) is 0 Å². The predicted octanol–water partition coefficient (Wildman–Crippen LogP) is 7.83. The fourth-order valence-corrected chi connectivity index (χ4v) is 3.58. The highest BCUT2D eigenvalue weighted by Gasteiger charge is 2.46. The third-order valence-electron chi connectivity index (χ3n) is 5.05. The summed E-state index contributed by atoms with van der Waals surface area (Å²) in [4.78, 5) is 0. The Kier molecular flexibility index (Phi) is 9.30. The number of hydrogen-bond acceptors (Lipinski definition) is 2. The van der Waals surface area contributed by atoms with Crippen molar-refractivity contribution in [3.05, 3.63) is 59.2 Å². The molecule has 0 spiro atoms. The van der Waals surface area contributed by atoms with Crippen molar-refractivity contribution < 1.29 is 49.4 Å². The molecule has 0 aliphatic heterocycles. The molecule has 2 aromatic carbocycles. The Labute approximate surface area is 203 Å². The molecule has 190 valence electrons. The van der Waals surface area contributed by atoms with Crippen molar-refractivity contribution in [2.24, 2.45) is 5.92 Å². The first-order chi connectivity index (χ1) is 15.6. The maximum absolute atomic E-state index is 13.4. The number of ether oxygens (including phenoxy) is 1. The number of rotatable bonds is 8. The van der Waals surface area contributed by atoms with Gasteiger partial charge in [0.15, 0.2) is 6.10 Å². The molecule has 0 aromatic heterocycles. The van der Waals surface area contributed by atoms with Crippen LogP contribution in [-0.2, 0) is 17.1 Å². The molecule has 0 fully saturated rings. The highest BCUT2D eigenvalue weighted by Crippen LogP contribution is 2.40. The van der Waals surface area contributed by atoms with Gasteiger partial charge in [-0.2, -0.15) is 39.5 Å². The molecule has 0 heterocycles. The molecular formula is C22H20F9IO2. The SMILES string of the molecule is CC(C(O)c1ccc(-c2cc(C(F)(F)F)cc(C(F)(F)F)c2)cc1)C(OCCCI)C(F)(F)F. The molecule has 0 amide bonds. The molecule has 2 aromatic rings. The van der Waals surface area contributed by atoms with Crippen molar-refractivity contribution in [1.82, 2.24) is 0 Å². The van der Waals surface area contributed by atoms with E-state index in [9.17, 15) is 44.6 Å². The van der Waals surface area contributed by atoms with Gasteiger partial charge in [0.2, 0.25) is 0 Å². The van der Waals surface area contributed by atoms with Crippen molar-refractivity contribution >= 4 is 22.6 Å². The quantitative estimate of drug-likeness (QED) is 0.142. The van der Waals surface area contributed by atoms with Gasteiger partial charge in [-0.3, -0.25) is 0 Å². The van der Waals surface area contributed by atoms with E-state index in [1.807, 2.05) is 22.6 Å². The van der Waals surface area contributed by atoms with Crippen LogP contribution >= 0.6 is 22.6 Å². The highest BCUT2D eigenvalue weighted by atomic mass is 127. The van der Waals surface area contributed by atoms with Gasteiger partial charge in [-0.1, -0.05) is 53.8 Å².